The van der Waals surface area contributed by atoms with Gasteiger partial charge >= 0.3 is 0 Å². The molecule has 0 amide bonds. The highest BCUT2D eigenvalue weighted by molar-refractivity contribution is 7.00. The molecule has 4 heteroatoms. The van der Waals surface area contributed by atoms with Gasteiger partial charge in [-0.2, -0.15) is 0 Å². The third-order valence-electron chi connectivity index (χ3n) is 27.8. The molecule has 2 aliphatic heterocycles. The Morgan fingerprint density at radius 2 is 0.449 bits per heavy atom. The summed E-state index contributed by atoms with van der Waals surface area (Å²) in [7, 11) is 0. The van der Waals surface area contributed by atoms with Gasteiger partial charge in [0, 0.05) is 50.9 Å². The van der Waals surface area contributed by atoms with Crippen molar-refractivity contribution in [2.75, 3.05) is 14.7 Å². The molecule has 2 aliphatic rings. The van der Waals surface area contributed by atoms with Gasteiger partial charge in [-0.15, -0.1) is 0 Å². The van der Waals surface area contributed by atoms with Crippen LogP contribution in [0.4, 0.5) is 51.2 Å². The number of rotatable bonds is 19. The Balaban J connectivity index is 0.889. The summed E-state index contributed by atoms with van der Waals surface area (Å²) in [6, 6.07) is 191. The number of benzene rings is 21. The molecule has 2 heterocycles. The second-order valence-corrected chi connectivity index (χ2v) is 38.6. The van der Waals surface area contributed by atoms with Crippen LogP contribution in [0.25, 0.3) is 156 Å². The predicted octanol–water partition coefficient (Wildman–Crippen LogP) is 35.2. The predicted molar refractivity (Wildman–Crippen MR) is 589 cm³/mol. The van der Waals surface area contributed by atoms with E-state index in [4.69, 9.17) is 0 Å². The molecule has 0 N–H and O–H groups in total. The van der Waals surface area contributed by atoms with Gasteiger partial charge in [-0.1, -0.05) is 454 Å². The molecule has 0 spiro atoms. The summed E-state index contributed by atoms with van der Waals surface area (Å²) in [6.45, 7) is 13.8. The Hall–Kier alpha value is -16.9. The van der Waals surface area contributed by atoms with Gasteiger partial charge in [-0.3, -0.25) is 0 Å². The van der Waals surface area contributed by atoms with E-state index in [1.807, 2.05) is 0 Å². The first-order valence-corrected chi connectivity index (χ1v) is 48.2. The van der Waals surface area contributed by atoms with Crippen LogP contribution >= 0.6 is 0 Å². The number of nitrogens with zero attached hydrogens (tertiary/aromatic N) is 3. The summed E-state index contributed by atoms with van der Waals surface area (Å²) < 4.78 is 0. The Morgan fingerprint density at radius 3 is 0.797 bits per heavy atom. The van der Waals surface area contributed by atoms with Crippen LogP contribution in [0.2, 0.25) is 0 Å². The summed E-state index contributed by atoms with van der Waals surface area (Å²) in [6.07, 6.45) is 0. The van der Waals surface area contributed by atoms with Crippen LogP contribution in [-0.4, -0.2) is 6.71 Å². The van der Waals surface area contributed by atoms with Crippen molar-refractivity contribution in [2.45, 2.75) is 52.4 Å². The highest BCUT2D eigenvalue weighted by Gasteiger charge is 2.46. The summed E-state index contributed by atoms with van der Waals surface area (Å²) in [5, 5.41) is 0. The van der Waals surface area contributed by atoms with Crippen molar-refractivity contribution in [3.05, 3.63) is 521 Å². The van der Waals surface area contributed by atoms with Crippen LogP contribution in [0.1, 0.15) is 52.7 Å². The van der Waals surface area contributed by atoms with Crippen LogP contribution in [0.3, 0.4) is 0 Å². The highest BCUT2D eigenvalue weighted by atomic mass is 15.2. The van der Waals surface area contributed by atoms with Crippen molar-refractivity contribution in [2.24, 2.45) is 0 Å². The highest BCUT2D eigenvalue weighted by Crippen LogP contribution is 2.58. The average molecular weight is 1770 g/mol. The normalized spacial score (nSPS) is 12.1. The van der Waals surface area contributed by atoms with Crippen molar-refractivity contribution in [1.82, 2.24) is 0 Å². The zero-order chi connectivity index (χ0) is 93.0. The zero-order valence-electron chi connectivity index (χ0n) is 78.4. The van der Waals surface area contributed by atoms with E-state index in [9.17, 15) is 0 Å². The number of hydrogen-bond donors (Lipinski definition) is 0. The fourth-order valence-corrected chi connectivity index (χ4v) is 21.7. The van der Waals surface area contributed by atoms with Gasteiger partial charge in [0.05, 0.1) is 11.4 Å². The molecule has 656 valence electrons. The summed E-state index contributed by atoms with van der Waals surface area (Å²) in [5.41, 5.74) is 46.6. The van der Waals surface area contributed by atoms with Gasteiger partial charge in [-0.25, -0.2) is 0 Å². The van der Waals surface area contributed by atoms with E-state index in [2.05, 4.69) is 566 Å². The van der Waals surface area contributed by atoms with E-state index in [0.717, 1.165) is 168 Å². The standard InChI is InChI=1S/C134H102BN3/c1-133(2,3)129-116(98-56-31-13-32-57-98)79-107(80-117(129)99-58-33-14-34-59-99)108-81-120(102-64-39-17-40-65-102)132(121(82-108)103-66-41-18-42-67-103)138-125-77-73-106(94-50-25-10-26-51-94)86-123(125)135-122-85-105(93-48-23-9-24-49-93)72-76-124(122)137(126-89-113(90-127(138)131(126)135)136(110-74-70-95(71-75-110)91-44-19-7-20-45-91)111-69-43-68-104(78-111)92-46-21-8-22-47-92)112-87-114(96-52-27-11-28-53-96)128(115(88-112)97-54-29-12-30-55-97)109-83-118(100-60-35-15-36-61-100)130(134(4,5)6)119(84-109)101-62-37-16-38-63-101/h7-90H,1-6H3. The van der Waals surface area contributed by atoms with Crippen molar-refractivity contribution >= 4 is 74.3 Å². The summed E-state index contributed by atoms with van der Waals surface area (Å²) in [4.78, 5) is 7.93. The Bertz CT molecular complexity index is 7810. The van der Waals surface area contributed by atoms with Crippen molar-refractivity contribution in [3.8, 4) is 156 Å². The molecule has 138 heavy (non-hydrogen) atoms. The minimum Gasteiger partial charge on any atom is -0.311 e. The van der Waals surface area contributed by atoms with E-state index in [1.54, 1.807) is 0 Å². The van der Waals surface area contributed by atoms with Crippen LogP contribution in [-0.2, 0) is 10.8 Å². The first kappa shape index (κ1) is 85.3. The fourth-order valence-electron chi connectivity index (χ4n) is 21.7. The van der Waals surface area contributed by atoms with Gasteiger partial charge < -0.3 is 14.7 Å². The number of fused-ring (bicyclic) bond motifs is 4. The van der Waals surface area contributed by atoms with Crippen molar-refractivity contribution in [1.29, 1.82) is 0 Å². The molecule has 23 rings (SSSR count). The molecule has 0 radical (unpaired) electrons. The Kier molecular flexibility index (Phi) is 22.3. The first-order chi connectivity index (χ1) is 67.7. The molecule has 21 aromatic carbocycles. The lowest BCUT2D eigenvalue weighted by Crippen LogP contribution is -2.61. The largest absolute Gasteiger partial charge is 0.311 e. The minimum atomic E-state index is -0.377. The fraction of sp³-hybridized carbons (Fsp3) is 0.0597. The van der Waals surface area contributed by atoms with E-state index in [-0.39, 0.29) is 17.5 Å². The molecule has 0 saturated heterocycles. The van der Waals surface area contributed by atoms with Gasteiger partial charge in [0.2, 0.25) is 0 Å². The minimum absolute atomic E-state index is 0.251. The van der Waals surface area contributed by atoms with E-state index in [0.29, 0.717) is 0 Å². The maximum atomic E-state index is 2.72. The number of anilines is 9. The Morgan fingerprint density at radius 1 is 0.181 bits per heavy atom. The molecule has 0 aromatic heterocycles. The SMILES string of the molecule is CC(C)(C)c1c(-c2ccccc2)cc(-c2cc(-c3ccccc3)c(N3c4ccc(-c5ccccc5)cc4B4c5cc(-c6ccccc6)ccc5N(c5cc(-c6ccccc6)c(-c6cc(-c7ccccc7)c(C(C)(C)C)c(-c7ccccc7)c6)c(-c6ccccc6)c5)c5cc(N(c6ccc(-c7ccccc7)cc6)c6cccc(-c7ccccc7)c6)cc3c54)c(-c3ccccc3)c2)cc1-c1ccccc1. The van der Waals surface area contributed by atoms with Crippen molar-refractivity contribution in [3.63, 3.8) is 0 Å². The van der Waals surface area contributed by atoms with Crippen LogP contribution in [0.15, 0.2) is 510 Å². The van der Waals surface area contributed by atoms with Crippen molar-refractivity contribution < 1.29 is 0 Å². The molecule has 0 bridgehead atoms. The smallest absolute Gasteiger partial charge is 0.252 e. The van der Waals surface area contributed by atoms with E-state index >= 15 is 0 Å². The van der Waals surface area contributed by atoms with E-state index < -0.39 is 0 Å². The quantitative estimate of drug-likeness (QED) is 0.0747. The molecular formula is C134H102BN3. The molecule has 0 atom stereocenters. The molecule has 0 fully saturated rings. The number of hydrogen-bond acceptors (Lipinski definition) is 3. The Labute approximate surface area is 812 Å². The van der Waals surface area contributed by atoms with Gasteiger partial charge in [-0.05, 0) is 280 Å². The third kappa shape index (κ3) is 16.1. The summed E-state index contributed by atoms with van der Waals surface area (Å²) >= 11 is 0. The monoisotopic (exact) mass is 1760 g/mol. The zero-order valence-corrected chi connectivity index (χ0v) is 78.4. The lowest BCUT2D eigenvalue weighted by Gasteiger charge is -2.46. The van der Waals surface area contributed by atoms with Gasteiger partial charge in [0.15, 0.2) is 0 Å². The van der Waals surface area contributed by atoms with Gasteiger partial charge in [0.25, 0.3) is 6.71 Å². The molecule has 3 nitrogen and oxygen atoms in total. The van der Waals surface area contributed by atoms with Crippen LogP contribution in [0.5, 0.6) is 0 Å². The van der Waals surface area contributed by atoms with Crippen LogP contribution < -0.4 is 31.1 Å². The third-order valence-corrected chi connectivity index (χ3v) is 27.8. The molecule has 0 unspecified atom stereocenters. The second kappa shape index (κ2) is 36.1. The van der Waals surface area contributed by atoms with Gasteiger partial charge in [0.1, 0.15) is 0 Å². The molecule has 0 saturated carbocycles. The topological polar surface area (TPSA) is 9.72 Å². The molecular weight excluding hydrogens is 1660 g/mol. The maximum Gasteiger partial charge on any atom is 0.252 e. The maximum absolute atomic E-state index is 2.72. The first-order valence-electron chi connectivity index (χ1n) is 48.2. The second-order valence-electron chi connectivity index (χ2n) is 38.6. The van der Waals surface area contributed by atoms with Crippen LogP contribution in [0, 0.1) is 0 Å². The molecule has 0 aliphatic carbocycles. The lowest BCUT2D eigenvalue weighted by molar-refractivity contribution is 0.593. The average Bonchev–Trinajstić information content (AvgIpc) is 0.685. The molecule has 21 aromatic rings. The summed E-state index contributed by atoms with van der Waals surface area (Å²) in [5.74, 6) is 0. The van der Waals surface area contributed by atoms with E-state index in [1.165, 1.54) is 66.6 Å². The lowest BCUT2D eigenvalue weighted by atomic mass is 9.33.